The highest BCUT2D eigenvalue weighted by Gasteiger charge is 2.48. The fourth-order valence-corrected chi connectivity index (χ4v) is 3.38. The number of carbonyl (C=O) groups excluding carboxylic acids is 2. The van der Waals surface area contributed by atoms with Crippen LogP contribution in [-0.2, 0) is 9.59 Å². The molecule has 2 atom stereocenters. The molecule has 4 heteroatoms. The van der Waals surface area contributed by atoms with Crippen LogP contribution in [0.4, 0.5) is 5.69 Å². The lowest BCUT2D eigenvalue weighted by molar-refractivity contribution is -0.123. The monoisotopic (exact) mass is 305 g/mol. The Hall–Kier alpha value is -1.42. The van der Waals surface area contributed by atoms with Crippen LogP contribution in [0.15, 0.2) is 34.8 Å². The first-order valence-electron chi connectivity index (χ1n) is 5.96. The maximum absolute atomic E-state index is 12.3. The number of para-hydroxylation sites is 1. The van der Waals surface area contributed by atoms with Gasteiger partial charge < -0.3 is 4.90 Å². The van der Waals surface area contributed by atoms with E-state index in [1.165, 1.54) is 6.08 Å². The van der Waals surface area contributed by atoms with Gasteiger partial charge in [0.05, 0.1) is 10.4 Å². The Balaban J connectivity index is 2.21. The Morgan fingerprint density at radius 3 is 2.72 bits per heavy atom. The summed E-state index contributed by atoms with van der Waals surface area (Å²) in [6.45, 7) is 2.73. The third kappa shape index (κ3) is 1.42. The van der Waals surface area contributed by atoms with Crippen LogP contribution in [0.5, 0.6) is 0 Å². The number of ketones is 2. The van der Waals surface area contributed by atoms with Gasteiger partial charge in [0.2, 0.25) is 0 Å². The quantitative estimate of drug-likeness (QED) is 0.799. The van der Waals surface area contributed by atoms with E-state index in [0.717, 1.165) is 17.8 Å². The molecule has 0 spiro atoms. The van der Waals surface area contributed by atoms with E-state index in [1.807, 2.05) is 36.1 Å². The van der Waals surface area contributed by atoms with Gasteiger partial charge in [-0.1, -0.05) is 18.2 Å². The van der Waals surface area contributed by atoms with E-state index in [4.69, 9.17) is 0 Å². The summed E-state index contributed by atoms with van der Waals surface area (Å²) in [6.07, 6.45) is 1.41. The highest BCUT2D eigenvalue weighted by atomic mass is 79.9. The second-order valence-electron chi connectivity index (χ2n) is 4.53. The van der Waals surface area contributed by atoms with Crippen LogP contribution in [-0.4, -0.2) is 24.2 Å². The molecule has 1 aromatic rings. The zero-order valence-corrected chi connectivity index (χ0v) is 11.5. The number of halogens is 1. The Morgan fingerprint density at radius 1 is 1.28 bits per heavy atom. The lowest BCUT2D eigenvalue weighted by atomic mass is 9.84. The third-order valence-electron chi connectivity index (χ3n) is 3.65. The molecule has 0 N–H and O–H groups in total. The van der Waals surface area contributed by atoms with Gasteiger partial charge in [0, 0.05) is 18.3 Å². The van der Waals surface area contributed by atoms with E-state index in [9.17, 15) is 9.59 Å². The third-order valence-corrected chi connectivity index (χ3v) is 4.27. The second kappa shape index (κ2) is 4.05. The van der Waals surface area contributed by atoms with Gasteiger partial charge in [-0.05, 0) is 34.5 Å². The Labute approximate surface area is 114 Å². The number of hydrogen-bond donors (Lipinski definition) is 0. The molecule has 0 amide bonds. The van der Waals surface area contributed by atoms with Crippen molar-refractivity contribution < 1.29 is 9.59 Å². The topological polar surface area (TPSA) is 37.4 Å². The number of rotatable bonds is 1. The molecule has 0 saturated carbocycles. The van der Waals surface area contributed by atoms with E-state index in [2.05, 4.69) is 15.9 Å². The Kier molecular flexibility index (Phi) is 2.63. The highest BCUT2D eigenvalue weighted by Crippen LogP contribution is 2.45. The normalized spacial score (nSPS) is 25.9. The van der Waals surface area contributed by atoms with Crippen molar-refractivity contribution in [2.24, 2.45) is 0 Å². The molecule has 1 aliphatic heterocycles. The minimum absolute atomic E-state index is 0.00278. The van der Waals surface area contributed by atoms with Crippen molar-refractivity contribution >= 4 is 33.2 Å². The first-order chi connectivity index (χ1) is 8.65. The summed E-state index contributed by atoms with van der Waals surface area (Å²) in [5.74, 6) is -0.347. The lowest BCUT2D eigenvalue weighted by Gasteiger charge is -2.29. The summed E-state index contributed by atoms with van der Waals surface area (Å²) >= 11 is 3.20. The molecule has 3 nitrogen and oxygen atoms in total. The SMILES string of the molecule is CCN1c2ccccc2C2C(=O)C(Br)=CC(=O)C21. The second-order valence-corrected chi connectivity index (χ2v) is 5.38. The predicted molar refractivity (Wildman–Crippen MR) is 73.0 cm³/mol. The van der Waals surface area contributed by atoms with E-state index in [0.29, 0.717) is 4.48 Å². The highest BCUT2D eigenvalue weighted by molar-refractivity contribution is 9.12. The molecule has 0 fully saturated rings. The number of likely N-dealkylation sites (N-methyl/N-ethyl adjacent to an activating group) is 1. The van der Waals surface area contributed by atoms with Crippen molar-refractivity contribution in [1.82, 2.24) is 0 Å². The Bertz CT molecular complexity index is 579. The summed E-state index contributed by atoms with van der Waals surface area (Å²) in [6, 6.07) is 7.42. The largest absolute Gasteiger partial charge is 0.360 e. The van der Waals surface area contributed by atoms with Crippen LogP contribution in [0.25, 0.3) is 0 Å². The number of fused-ring (bicyclic) bond motifs is 3. The molecule has 3 rings (SSSR count). The summed E-state index contributed by atoms with van der Waals surface area (Å²) in [5, 5.41) is 0. The van der Waals surface area contributed by atoms with Gasteiger partial charge >= 0.3 is 0 Å². The Morgan fingerprint density at radius 2 is 2.00 bits per heavy atom. The first-order valence-corrected chi connectivity index (χ1v) is 6.75. The van der Waals surface area contributed by atoms with Gasteiger partial charge in [-0.3, -0.25) is 9.59 Å². The number of Topliss-reactive ketones (excluding diaryl/α,β-unsaturated/α-hetero) is 1. The van der Waals surface area contributed by atoms with Crippen molar-refractivity contribution in [3.05, 3.63) is 40.4 Å². The van der Waals surface area contributed by atoms with Gasteiger partial charge in [0.25, 0.3) is 0 Å². The molecular weight excluding hydrogens is 294 g/mol. The molecule has 1 aliphatic carbocycles. The number of benzene rings is 1. The number of anilines is 1. The minimum atomic E-state index is -0.360. The summed E-state index contributed by atoms with van der Waals surface area (Å²) in [5.41, 5.74) is 1.97. The molecule has 0 saturated heterocycles. The standard InChI is InChI=1S/C14H12BrNO2/c1-2-16-10-6-4-3-5-8(10)12-13(16)11(17)7-9(15)14(12)18/h3-7,12-13H,2H2,1H3. The molecule has 1 aromatic carbocycles. The number of nitrogens with zero attached hydrogens (tertiary/aromatic N) is 1. The summed E-state index contributed by atoms with van der Waals surface area (Å²) in [4.78, 5) is 26.5. The maximum atomic E-state index is 12.3. The van der Waals surface area contributed by atoms with Crippen LogP contribution < -0.4 is 4.90 Å². The van der Waals surface area contributed by atoms with E-state index < -0.39 is 0 Å². The van der Waals surface area contributed by atoms with Gasteiger partial charge in [-0.2, -0.15) is 0 Å². The first kappa shape index (κ1) is 11.7. The van der Waals surface area contributed by atoms with Crippen LogP contribution in [0.3, 0.4) is 0 Å². The smallest absolute Gasteiger partial charge is 0.180 e. The molecule has 18 heavy (non-hydrogen) atoms. The molecule has 92 valence electrons. The van der Waals surface area contributed by atoms with Crippen LogP contribution in [0.2, 0.25) is 0 Å². The van der Waals surface area contributed by atoms with Gasteiger partial charge in [0.15, 0.2) is 11.6 Å². The lowest BCUT2D eigenvalue weighted by Crippen LogP contribution is -2.44. The molecule has 2 unspecified atom stereocenters. The molecular formula is C14H12BrNO2. The number of hydrogen-bond acceptors (Lipinski definition) is 3. The van der Waals surface area contributed by atoms with Gasteiger partial charge in [0.1, 0.15) is 6.04 Å². The van der Waals surface area contributed by atoms with E-state index in [1.54, 1.807) is 0 Å². The molecule has 0 aromatic heterocycles. The van der Waals surface area contributed by atoms with Gasteiger partial charge in [-0.25, -0.2) is 0 Å². The van der Waals surface area contributed by atoms with Gasteiger partial charge in [-0.15, -0.1) is 0 Å². The molecule has 0 radical (unpaired) electrons. The van der Waals surface area contributed by atoms with Crippen molar-refractivity contribution in [2.45, 2.75) is 18.9 Å². The zero-order valence-electron chi connectivity index (χ0n) is 9.89. The molecule has 1 heterocycles. The van der Waals surface area contributed by atoms with E-state index in [-0.39, 0.29) is 23.5 Å². The summed E-state index contributed by atoms with van der Waals surface area (Å²) < 4.78 is 0.390. The maximum Gasteiger partial charge on any atom is 0.180 e. The molecule has 2 aliphatic rings. The van der Waals surface area contributed by atoms with Crippen LogP contribution in [0, 0.1) is 0 Å². The van der Waals surface area contributed by atoms with Crippen LogP contribution in [0.1, 0.15) is 18.4 Å². The summed E-state index contributed by atoms with van der Waals surface area (Å²) in [7, 11) is 0. The number of carbonyl (C=O) groups is 2. The van der Waals surface area contributed by atoms with Crippen molar-refractivity contribution in [3.8, 4) is 0 Å². The average molecular weight is 306 g/mol. The molecule has 0 bridgehead atoms. The fraction of sp³-hybridized carbons (Fsp3) is 0.286. The average Bonchev–Trinajstić information content (AvgIpc) is 2.71. The zero-order chi connectivity index (χ0) is 12.9. The number of allylic oxidation sites excluding steroid dienone is 1. The van der Waals surface area contributed by atoms with Crippen molar-refractivity contribution in [1.29, 1.82) is 0 Å². The van der Waals surface area contributed by atoms with Crippen LogP contribution >= 0.6 is 15.9 Å². The fourth-order valence-electron chi connectivity index (χ4n) is 2.91. The predicted octanol–water partition coefficient (Wildman–Crippen LogP) is 2.41. The van der Waals surface area contributed by atoms with Crippen molar-refractivity contribution in [3.63, 3.8) is 0 Å². The van der Waals surface area contributed by atoms with E-state index >= 15 is 0 Å². The van der Waals surface area contributed by atoms with Crippen molar-refractivity contribution in [2.75, 3.05) is 11.4 Å². The minimum Gasteiger partial charge on any atom is -0.360 e.